The van der Waals surface area contributed by atoms with Gasteiger partial charge in [0.15, 0.2) is 5.69 Å². The van der Waals surface area contributed by atoms with Crippen LogP contribution in [0.5, 0.6) is 5.75 Å². The third-order valence-electron chi connectivity index (χ3n) is 4.26. The number of ether oxygens (including phenoxy) is 2. The van der Waals surface area contributed by atoms with Gasteiger partial charge < -0.3 is 14.4 Å². The molecule has 2 heterocycles. The molecule has 24 heavy (non-hydrogen) atoms. The van der Waals surface area contributed by atoms with Gasteiger partial charge in [-0.1, -0.05) is 0 Å². The summed E-state index contributed by atoms with van der Waals surface area (Å²) >= 11 is 0. The van der Waals surface area contributed by atoms with E-state index in [0.29, 0.717) is 18.8 Å². The van der Waals surface area contributed by atoms with E-state index in [-0.39, 0.29) is 12.0 Å². The molecule has 1 aromatic heterocycles. The second-order valence-corrected chi connectivity index (χ2v) is 5.82. The molecule has 6 heteroatoms. The van der Waals surface area contributed by atoms with Crippen LogP contribution in [0.1, 0.15) is 30.3 Å². The number of amides is 1. The molecule has 1 atom stereocenters. The van der Waals surface area contributed by atoms with Crippen molar-refractivity contribution in [1.82, 2.24) is 14.7 Å². The van der Waals surface area contributed by atoms with Crippen LogP contribution in [0.3, 0.4) is 0 Å². The molecule has 0 radical (unpaired) electrons. The minimum Gasteiger partial charge on any atom is -0.497 e. The van der Waals surface area contributed by atoms with E-state index in [0.717, 1.165) is 30.9 Å². The van der Waals surface area contributed by atoms with Gasteiger partial charge in [0.2, 0.25) is 0 Å². The van der Waals surface area contributed by atoms with Crippen molar-refractivity contribution < 1.29 is 14.3 Å². The van der Waals surface area contributed by atoms with Crippen molar-refractivity contribution in [1.29, 1.82) is 0 Å². The molecule has 0 saturated carbocycles. The summed E-state index contributed by atoms with van der Waals surface area (Å²) in [4.78, 5) is 14.5. The first-order valence-corrected chi connectivity index (χ1v) is 8.32. The van der Waals surface area contributed by atoms with Crippen molar-refractivity contribution >= 4 is 5.91 Å². The molecule has 3 rings (SSSR count). The first-order chi connectivity index (χ1) is 11.7. The van der Waals surface area contributed by atoms with E-state index in [1.807, 2.05) is 31.2 Å². The van der Waals surface area contributed by atoms with Gasteiger partial charge >= 0.3 is 0 Å². The fourth-order valence-corrected chi connectivity index (χ4v) is 2.87. The van der Waals surface area contributed by atoms with Gasteiger partial charge in [-0.05, 0) is 50.1 Å². The Morgan fingerprint density at radius 2 is 2.17 bits per heavy atom. The molecule has 0 N–H and O–H groups in total. The number of likely N-dealkylation sites (N-methyl/N-ethyl adjacent to an activating group) is 1. The Bertz CT molecular complexity index is 675. The first kappa shape index (κ1) is 16.5. The SMILES string of the molecule is CCN(C[C@H]1CCCO1)C(=O)c1ccn(-c2ccc(OC)cc2)n1. The minimum absolute atomic E-state index is 0.0553. The lowest BCUT2D eigenvalue weighted by Crippen LogP contribution is -2.37. The van der Waals surface area contributed by atoms with E-state index in [9.17, 15) is 4.79 Å². The lowest BCUT2D eigenvalue weighted by atomic mass is 10.2. The molecule has 6 nitrogen and oxygen atoms in total. The van der Waals surface area contributed by atoms with Gasteiger partial charge in [-0.3, -0.25) is 4.79 Å². The van der Waals surface area contributed by atoms with Gasteiger partial charge in [0.1, 0.15) is 5.75 Å². The van der Waals surface area contributed by atoms with Crippen molar-refractivity contribution in [2.24, 2.45) is 0 Å². The fraction of sp³-hybridized carbons (Fsp3) is 0.444. The van der Waals surface area contributed by atoms with Crippen LogP contribution < -0.4 is 4.74 Å². The van der Waals surface area contributed by atoms with E-state index in [1.54, 1.807) is 29.0 Å². The molecule has 1 aliphatic rings. The maximum absolute atomic E-state index is 12.7. The van der Waals surface area contributed by atoms with Crippen molar-refractivity contribution in [3.8, 4) is 11.4 Å². The number of carbonyl (C=O) groups is 1. The van der Waals surface area contributed by atoms with Gasteiger partial charge in [0.25, 0.3) is 5.91 Å². The molecular formula is C18H23N3O3. The number of carbonyl (C=O) groups excluding carboxylic acids is 1. The molecule has 128 valence electrons. The van der Waals surface area contributed by atoms with Crippen LogP contribution in [0.4, 0.5) is 0 Å². The molecule has 0 spiro atoms. The number of rotatable bonds is 6. The van der Waals surface area contributed by atoms with E-state index < -0.39 is 0 Å². The standard InChI is InChI=1S/C18H23N3O3/c1-3-20(13-16-5-4-12-24-16)18(22)17-10-11-21(19-17)14-6-8-15(23-2)9-7-14/h6-11,16H,3-5,12-13H2,1-2H3/t16-/m1/s1. The van der Waals surface area contributed by atoms with Crippen molar-refractivity contribution in [2.75, 3.05) is 26.8 Å². The number of methoxy groups -OCH3 is 1. The van der Waals surface area contributed by atoms with Gasteiger partial charge in [0.05, 0.1) is 18.9 Å². The highest BCUT2D eigenvalue weighted by Crippen LogP contribution is 2.17. The Balaban J connectivity index is 1.71. The number of hydrogen-bond donors (Lipinski definition) is 0. The second-order valence-electron chi connectivity index (χ2n) is 5.82. The van der Waals surface area contributed by atoms with Crippen LogP contribution in [-0.4, -0.2) is 53.5 Å². The van der Waals surface area contributed by atoms with Crippen LogP contribution in [-0.2, 0) is 4.74 Å². The Labute approximate surface area is 142 Å². The highest BCUT2D eigenvalue weighted by molar-refractivity contribution is 5.92. The smallest absolute Gasteiger partial charge is 0.274 e. The summed E-state index contributed by atoms with van der Waals surface area (Å²) in [7, 11) is 1.63. The van der Waals surface area contributed by atoms with Crippen molar-refractivity contribution in [2.45, 2.75) is 25.9 Å². The Morgan fingerprint density at radius 3 is 2.79 bits per heavy atom. The maximum Gasteiger partial charge on any atom is 0.274 e. The largest absolute Gasteiger partial charge is 0.497 e. The van der Waals surface area contributed by atoms with Crippen LogP contribution in [0.25, 0.3) is 5.69 Å². The topological polar surface area (TPSA) is 56.6 Å². The summed E-state index contributed by atoms with van der Waals surface area (Å²) in [5, 5.41) is 4.42. The van der Waals surface area contributed by atoms with Gasteiger partial charge in [-0.2, -0.15) is 5.10 Å². The zero-order valence-corrected chi connectivity index (χ0v) is 14.1. The van der Waals surface area contributed by atoms with Gasteiger partial charge in [-0.25, -0.2) is 4.68 Å². The minimum atomic E-state index is -0.0553. The second kappa shape index (κ2) is 7.49. The quantitative estimate of drug-likeness (QED) is 0.817. The Morgan fingerprint density at radius 1 is 1.38 bits per heavy atom. The van der Waals surface area contributed by atoms with E-state index >= 15 is 0 Å². The summed E-state index contributed by atoms with van der Waals surface area (Å²) in [5.74, 6) is 0.733. The number of benzene rings is 1. The van der Waals surface area contributed by atoms with E-state index in [1.165, 1.54) is 0 Å². The average Bonchev–Trinajstić information content (AvgIpc) is 3.31. The van der Waals surface area contributed by atoms with Gasteiger partial charge in [-0.15, -0.1) is 0 Å². The summed E-state index contributed by atoms with van der Waals surface area (Å²) in [5.41, 5.74) is 1.34. The molecule has 1 amide bonds. The maximum atomic E-state index is 12.7. The molecule has 1 fully saturated rings. The summed E-state index contributed by atoms with van der Waals surface area (Å²) in [6.07, 6.45) is 4.04. The zero-order chi connectivity index (χ0) is 16.9. The molecular weight excluding hydrogens is 306 g/mol. The molecule has 1 aliphatic heterocycles. The number of nitrogens with zero attached hydrogens (tertiary/aromatic N) is 3. The highest BCUT2D eigenvalue weighted by Gasteiger charge is 2.23. The van der Waals surface area contributed by atoms with Crippen LogP contribution >= 0.6 is 0 Å². The summed E-state index contributed by atoms with van der Waals surface area (Å²) in [6, 6.07) is 9.31. The molecule has 2 aromatic rings. The molecule has 0 unspecified atom stereocenters. The molecule has 1 saturated heterocycles. The fourth-order valence-electron chi connectivity index (χ4n) is 2.87. The zero-order valence-electron chi connectivity index (χ0n) is 14.1. The van der Waals surface area contributed by atoms with E-state index in [4.69, 9.17) is 9.47 Å². The monoisotopic (exact) mass is 329 g/mol. The Hall–Kier alpha value is -2.34. The van der Waals surface area contributed by atoms with Crippen LogP contribution in [0, 0.1) is 0 Å². The predicted molar refractivity (Wildman–Crippen MR) is 90.7 cm³/mol. The highest BCUT2D eigenvalue weighted by atomic mass is 16.5. The average molecular weight is 329 g/mol. The Kier molecular flexibility index (Phi) is 5.15. The molecule has 0 aliphatic carbocycles. The molecule has 0 bridgehead atoms. The van der Waals surface area contributed by atoms with Crippen molar-refractivity contribution in [3.63, 3.8) is 0 Å². The van der Waals surface area contributed by atoms with Gasteiger partial charge in [0, 0.05) is 25.9 Å². The lowest BCUT2D eigenvalue weighted by Gasteiger charge is -2.23. The normalized spacial score (nSPS) is 17.0. The summed E-state index contributed by atoms with van der Waals surface area (Å²) in [6.45, 7) is 4.05. The van der Waals surface area contributed by atoms with Crippen LogP contribution in [0.15, 0.2) is 36.5 Å². The first-order valence-electron chi connectivity index (χ1n) is 8.32. The van der Waals surface area contributed by atoms with E-state index in [2.05, 4.69) is 5.10 Å². The number of hydrogen-bond acceptors (Lipinski definition) is 4. The predicted octanol–water partition coefficient (Wildman–Crippen LogP) is 2.52. The summed E-state index contributed by atoms with van der Waals surface area (Å²) < 4.78 is 12.5. The lowest BCUT2D eigenvalue weighted by molar-refractivity contribution is 0.0534. The third kappa shape index (κ3) is 3.59. The van der Waals surface area contributed by atoms with Crippen molar-refractivity contribution in [3.05, 3.63) is 42.2 Å². The van der Waals surface area contributed by atoms with Crippen LogP contribution in [0.2, 0.25) is 0 Å². The molecule has 1 aromatic carbocycles. The number of aromatic nitrogens is 2. The third-order valence-corrected chi connectivity index (χ3v) is 4.26.